The molecule has 0 aliphatic heterocycles. The molecule has 0 heterocycles. The van der Waals surface area contributed by atoms with Crippen LogP contribution in [0.1, 0.15) is 24.8 Å². The van der Waals surface area contributed by atoms with Crippen molar-refractivity contribution in [3.8, 4) is 0 Å². The summed E-state index contributed by atoms with van der Waals surface area (Å²) in [5.41, 5.74) is 6.23. The largest absolute Gasteiger partial charge is 0.481 e. The lowest BCUT2D eigenvalue weighted by Gasteiger charge is -2.23. The molecule has 192 valence electrons. The maximum Gasteiger partial charge on any atom is 0.326 e. The molecule has 1 rings (SSSR count). The Kier molecular flexibility index (Phi) is 12.2. The Balaban J connectivity index is 2.86. The fourth-order valence-corrected chi connectivity index (χ4v) is 3.12. The van der Waals surface area contributed by atoms with Gasteiger partial charge in [0, 0.05) is 18.6 Å². The maximum absolute atomic E-state index is 12.6. The summed E-state index contributed by atoms with van der Waals surface area (Å²) in [6, 6.07) is 2.91. The molecule has 14 heteroatoms. The molecule has 1 aromatic carbocycles. The minimum Gasteiger partial charge on any atom is -0.481 e. The molecule has 0 bridgehead atoms. The number of aliphatic carboxylic acids is 3. The summed E-state index contributed by atoms with van der Waals surface area (Å²) in [5, 5.41) is 33.9. The van der Waals surface area contributed by atoms with Crippen molar-refractivity contribution in [1.82, 2.24) is 16.0 Å². The second kappa shape index (κ2) is 14.6. The third-order valence-electron chi connectivity index (χ3n) is 4.73. The molecule has 4 atom stereocenters. The summed E-state index contributed by atoms with van der Waals surface area (Å²) in [4.78, 5) is 70.8. The van der Waals surface area contributed by atoms with Gasteiger partial charge in [-0.15, -0.1) is 0 Å². The Morgan fingerprint density at radius 1 is 0.800 bits per heavy atom. The third-order valence-corrected chi connectivity index (χ3v) is 5.10. The van der Waals surface area contributed by atoms with Crippen molar-refractivity contribution in [2.45, 2.75) is 49.9 Å². The summed E-state index contributed by atoms with van der Waals surface area (Å²) in [5.74, 6) is -7.08. The van der Waals surface area contributed by atoms with Crippen molar-refractivity contribution in [3.05, 3.63) is 35.9 Å². The summed E-state index contributed by atoms with van der Waals surface area (Å²) in [6.07, 6.45) is -1.54. The number of carbonyl (C=O) groups is 6. The molecule has 13 nitrogen and oxygen atoms in total. The van der Waals surface area contributed by atoms with E-state index in [1.54, 1.807) is 30.3 Å². The molecule has 35 heavy (non-hydrogen) atoms. The van der Waals surface area contributed by atoms with Gasteiger partial charge < -0.3 is 37.0 Å². The number of carboxylic acid groups (broad SMARTS) is 3. The first-order chi connectivity index (χ1) is 16.4. The average molecular weight is 513 g/mol. The number of carbonyl (C=O) groups excluding carboxylic acids is 3. The molecule has 0 saturated carbocycles. The van der Waals surface area contributed by atoms with E-state index in [1.807, 2.05) is 0 Å². The van der Waals surface area contributed by atoms with E-state index < -0.39 is 72.6 Å². The van der Waals surface area contributed by atoms with E-state index in [9.17, 15) is 33.9 Å². The Labute approximate surface area is 205 Å². The van der Waals surface area contributed by atoms with E-state index in [1.165, 1.54) is 0 Å². The normalized spacial score (nSPS) is 14.0. The topological polar surface area (TPSA) is 225 Å². The van der Waals surface area contributed by atoms with Crippen LogP contribution in [0.4, 0.5) is 0 Å². The zero-order valence-electron chi connectivity index (χ0n) is 18.5. The van der Waals surface area contributed by atoms with Gasteiger partial charge in [-0.2, -0.15) is 12.6 Å². The van der Waals surface area contributed by atoms with E-state index in [4.69, 9.17) is 15.9 Å². The molecular weight excluding hydrogens is 484 g/mol. The highest BCUT2D eigenvalue weighted by Gasteiger charge is 2.31. The van der Waals surface area contributed by atoms with Crippen LogP contribution in [0.15, 0.2) is 30.3 Å². The van der Waals surface area contributed by atoms with Gasteiger partial charge in [0.2, 0.25) is 17.7 Å². The standard InChI is InChI=1S/C21H28N4O9S/c22-12(6-7-16(26)27)18(30)23-13(9-17(28)29)19(31)25-15(10-35)20(32)24-14(21(33)34)8-11-4-2-1-3-5-11/h1-5,12-15,35H,6-10,22H2,(H,23,30)(H,24,32)(H,25,31)(H,26,27)(H,28,29)(H,33,34). The van der Waals surface area contributed by atoms with Crippen molar-refractivity contribution < 1.29 is 44.1 Å². The lowest BCUT2D eigenvalue weighted by atomic mass is 10.1. The van der Waals surface area contributed by atoms with Crippen LogP contribution in [0.5, 0.6) is 0 Å². The second-order valence-electron chi connectivity index (χ2n) is 7.53. The van der Waals surface area contributed by atoms with Gasteiger partial charge in [-0.1, -0.05) is 30.3 Å². The van der Waals surface area contributed by atoms with Gasteiger partial charge in [0.15, 0.2) is 0 Å². The van der Waals surface area contributed by atoms with Gasteiger partial charge in [0.1, 0.15) is 18.1 Å². The van der Waals surface area contributed by atoms with Crippen molar-refractivity contribution in [3.63, 3.8) is 0 Å². The van der Waals surface area contributed by atoms with E-state index in [0.717, 1.165) is 0 Å². The number of nitrogens with one attached hydrogen (secondary N) is 3. The highest BCUT2D eigenvalue weighted by molar-refractivity contribution is 7.80. The summed E-state index contributed by atoms with van der Waals surface area (Å²) in [6.45, 7) is 0. The minimum atomic E-state index is -1.63. The average Bonchev–Trinajstić information content (AvgIpc) is 2.79. The van der Waals surface area contributed by atoms with Gasteiger partial charge in [-0.05, 0) is 12.0 Å². The van der Waals surface area contributed by atoms with Gasteiger partial charge in [-0.3, -0.25) is 24.0 Å². The van der Waals surface area contributed by atoms with Crippen LogP contribution in [0, 0.1) is 0 Å². The number of thiol groups is 1. The third kappa shape index (κ3) is 10.9. The number of hydrogen-bond acceptors (Lipinski definition) is 8. The van der Waals surface area contributed by atoms with Crippen molar-refractivity contribution in [1.29, 1.82) is 0 Å². The monoisotopic (exact) mass is 512 g/mol. The number of nitrogens with two attached hydrogens (primary N) is 1. The molecule has 0 aliphatic carbocycles. The lowest BCUT2D eigenvalue weighted by Crippen LogP contribution is -2.58. The van der Waals surface area contributed by atoms with Crippen LogP contribution < -0.4 is 21.7 Å². The van der Waals surface area contributed by atoms with Gasteiger partial charge in [0.25, 0.3) is 0 Å². The Morgan fingerprint density at radius 3 is 1.86 bits per heavy atom. The van der Waals surface area contributed by atoms with Gasteiger partial charge in [0.05, 0.1) is 12.5 Å². The molecule has 0 aliphatic rings. The molecule has 1 aromatic rings. The predicted octanol–water partition coefficient (Wildman–Crippen LogP) is -1.64. The number of carboxylic acids is 3. The van der Waals surface area contributed by atoms with Crippen LogP contribution in [-0.4, -0.2) is 80.9 Å². The maximum atomic E-state index is 12.6. The molecule has 4 unspecified atom stereocenters. The molecule has 0 fully saturated rings. The van der Waals surface area contributed by atoms with Crippen molar-refractivity contribution in [2.24, 2.45) is 5.73 Å². The lowest BCUT2D eigenvalue weighted by molar-refractivity contribution is -0.143. The van der Waals surface area contributed by atoms with Crippen LogP contribution >= 0.6 is 12.6 Å². The molecule has 8 N–H and O–H groups in total. The molecule has 0 spiro atoms. The number of rotatable bonds is 15. The molecule has 0 radical (unpaired) electrons. The zero-order chi connectivity index (χ0) is 26.5. The van der Waals surface area contributed by atoms with Crippen LogP contribution in [-0.2, 0) is 35.2 Å². The quantitative estimate of drug-likeness (QED) is 0.125. The Hall–Kier alpha value is -3.65. The number of hydrogen-bond donors (Lipinski definition) is 8. The van der Waals surface area contributed by atoms with Crippen LogP contribution in [0.2, 0.25) is 0 Å². The van der Waals surface area contributed by atoms with E-state index in [-0.39, 0.29) is 18.6 Å². The molecule has 3 amide bonds. The van der Waals surface area contributed by atoms with E-state index in [0.29, 0.717) is 5.56 Å². The molecular formula is C21H28N4O9S. The predicted molar refractivity (Wildman–Crippen MR) is 125 cm³/mol. The van der Waals surface area contributed by atoms with Crippen LogP contribution in [0.25, 0.3) is 0 Å². The first kappa shape index (κ1) is 29.4. The SMILES string of the molecule is NC(CCC(=O)O)C(=O)NC(CC(=O)O)C(=O)NC(CS)C(=O)NC(Cc1ccccc1)C(=O)O. The van der Waals surface area contributed by atoms with E-state index >= 15 is 0 Å². The Morgan fingerprint density at radius 2 is 1.34 bits per heavy atom. The fourth-order valence-electron chi connectivity index (χ4n) is 2.86. The summed E-state index contributed by atoms with van der Waals surface area (Å²) < 4.78 is 0. The van der Waals surface area contributed by atoms with Gasteiger partial charge >= 0.3 is 17.9 Å². The highest BCUT2D eigenvalue weighted by Crippen LogP contribution is 2.05. The summed E-state index contributed by atoms with van der Waals surface area (Å²) >= 11 is 3.99. The van der Waals surface area contributed by atoms with Crippen LogP contribution in [0.3, 0.4) is 0 Å². The van der Waals surface area contributed by atoms with Gasteiger partial charge in [-0.25, -0.2) is 4.79 Å². The Bertz CT molecular complexity index is 929. The number of amides is 3. The van der Waals surface area contributed by atoms with Crippen molar-refractivity contribution in [2.75, 3.05) is 5.75 Å². The minimum absolute atomic E-state index is 0.0267. The first-order valence-electron chi connectivity index (χ1n) is 10.4. The number of benzene rings is 1. The highest BCUT2D eigenvalue weighted by atomic mass is 32.1. The van der Waals surface area contributed by atoms with Crippen molar-refractivity contribution >= 4 is 48.3 Å². The molecule has 0 aromatic heterocycles. The fraction of sp³-hybridized carbons (Fsp3) is 0.429. The zero-order valence-corrected chi connectivity index (χ0v) is 19.4. The smallest absolute Gasteiger partial charge is 0.326 e. The second-order valence-corrected chi connectivity index (χ2v) is 7.90. The van der Waals surface area contributed by atoms with E-state index in [2.05, 4.69) is 28.6 Å². The summed E-state index contributed by atoms with van der Waals surface area (Å²) in [7, 11) is 0. The first-order valence-corrected chi connectivity index (χ1v) is 11.1. The molecule has 0 saturated heterocycles.